The normalized spacial score (nSPS) is 17.6. The van der Waals surface area contributed by atoms with Crippen LogP contribution in [-0.4, -0.2) is 49.7 Å². The van der Waals surface area contributed by atoms with E-state index in [1.807, 2.05) is 11.8 Å². The van der Waals surface area contributed by atoms with Gasteiger partial charge < -0.3 is 20.1 Å². The number of thioether (sulfide) groups is 1. The molecule has 1 aliphatic rings. The quantitative estimate of drug-likeness (QED) is 0.768. The third-order valence-electron chi connectivity index (χ3n) is 3.15. The molecule has 7 heteroatoms. The second-order valence-corrected chi connectivity index (χ2v) is 6.02. The highest BCUT2D eigenvalue weighted by molar-refractivity contribution is 7.99. The summed E-state index contributed by atoms with van der Waals surface area (Å²) in [6.07, 6.45) is 0.466. The molecule has 1 saturated heterocycles. The van der Waals surface area contributed by atoms with Crippen LogP contribution in [0.25, 0.3) is 0 Å². The van der Waals surface area contributed by atoms with Gasteiger partial charge in [0.25, 0.3) is 0 Å². The molecule has 0 bridgehead atoms. The molecule has 1 amide bonds. The van der Waals surface area contributed by atoms with Crippen LogP contribution in [0.5, 0.6) is 5.75 Å². The van der Waals surface area contributed by atoms with Crippen molar-refractivity contribution in [3.05, 3.63) is 24.3 Å². The van der Waals surface area contributed by atoms with E-state index in [1.54, 1.807) is 24.3 Å². The fraction of sp³-hybridized carbons (Fsp3) is 0.467. The summed E-state index contributed by atoms with van der Waals surface area (Å²) in [6.45, 7) is 0.821. The van der Waals surface area contributed by atoms with E-state index >= 15 is 0 Å². The Bertz CT molecular complexity index is 501. The lowest BCUT2D eigenvalue weighted by Crippen LogP contribution is -2.39. The number of methoxy groups -OCH3 is 1. The zero-order chi connectivity index (χ0) is 15.8. The lowest BCUT2D eigenvalue weighted by atomic mass is 10.2. The zero-order valence-corrected chi connectivity index (χ0v) is 13.3. The highest BCUT2D eigenvalue weighted by atomic mass is 32.2. The molecule has 0 saturated carbocycles. The lowest BCUT2D eigenvalue weighted by molar-refractivity contribution is -0.142. The summed E-state index contributed by atoms with van der Waals surface area (Å²) >= 11 is 1.87. The van der Waals surface area contributed by atoms with Crippen molar-refractivity contribution >= 4 is 29.3 Å². The Labute approximate surface area is 133 Å². The van der Waals surface area contributed by atoms with Gasteiger partial charge in [-0.05, 0) is 24.3 Å². The standard InChI is InChI=1S/C15H20N2O4S/c1-20-15(19)9-21-13-4-2-11(3-5-13)17-14(18)8-12-10-22-7-6-16-12/h2-5,12,16H,6-10H2,1H3,(H,17,18). The molecule has 1 fully saturated rings. The van der Waals surface area contributed by atoms with Crippen LogP contribution >= 0.6 is 11.8 Å². The molecule has 2 rings (SSSR count). The number of esters is 1. The Balaban J connectivity index is 1.77. The van der Waals surface area contributed by atoms with Crippen LogP contribution in [0.4, 0.5) is 5.69 Å². The maximum absolute atomic E-state index is 12.0. The van der Waals surface area contributed by atoms with Crippen molar-refractivity contribution in [1.82, 2.24) is 5.32 Å². The van der Waals surface area contributed by atoms with Crippen LogP contribution in [0.1, 0.15) is 6.42 Å². The SMILES string of the molecule is COC(=O)COc1ccc(NC(=O)CC2CSCCN2)cc1. The van der Waals surface area contributed by atoms with Gasteiger partial charge in [0.1, 0.15) is 5.75 Å². The molecule has 0 aromatic heterocycles. The molecule has 0 aliphatic carbocycles. The van der Waals surface area contributed by atoms with Gasteiger partial charge in [0.2, 0.25) is 5.91 Å². The van der Waals surface area contributed by atoms with Crippen molar-refractivity contribution in [2.75, 3.05) is 37.1 Å². The van der Waals surface area contributed by atoms with E-state index in [0.29, 0.717) is 17.9 Å². The van der Waals surface area contributed by atoms with E-state index in [0.717, 1.165) is 18.1 Å². The predicted octanol–water partition coefficient (Wildman–Crippen LogP) is 1.27. The van der Waals surface area contributed by atoms with Crippen molar-refractivity contribution in [3.63, 3.8) is 0 Å². The van der Waals surface area contributed by atoms with Gasteiger partial charge in [-0.25, -0.2) is 4.79 Å². The van der Waals surface area contributed by atoms with Crippen molar-refractivity contribution in [2.24, 2.45) is 0 Å². The first-order chi connectivity index (χ1) is 10.7. The van der Waals surface area contributed by atoms with E-state index in [4.69, 9.17) is 4.74 Å². The number of carbonyl (C=O) groups excluding carboxylic acids is 2. The van der Waals surface area contributed by atoms with Crippen molar-refractivity contribution in [2.45, 2.75) is 12.5 Å². The summed E-state index contributed by atoms with van der Waals surface area (Å²) in [6, 6.07) is 7.13. The maximum Gasteiger partial charge on any atom is 0.343 e. The molecule has 1 aromatic carbocycles. The average Bonchev–Trinajstić information content (AvgIpc) is 2.54. The van der Waals surface area contributed by atoms with Gasteiger partial charge in [-0.3, -0.25) is 4.79 Å². The fourth-order valence-corrected chi connectivity index (χ4v) is 2.97. The highest BCUT2D eigenvalue weighted by Gasteiger charge is 2.16. The zero-order valence-electron chi connectivity index (χ0n) is 12.5. The minimum atomic E-state index is -0.435. The Morgan fingerprint density at radius 2 is 2.14 bits per heavy atom. The summed E-state index contributed by atoms with van der Waals surface area (Å²) in [5.74, 6) is 2.17. The van der Waals surface area contributed by atoms with Crippen LogP contribution in [-0.2, 0) is 14.3 Å². The Hall–Kier alpha value is -1.73. The molecule has 0 radical (unpaired) electrons. The summed E-state index contributed by atoms with van der Waals surface area (Å²) in [5, 5.41) is 6.19. The Kier molecular flexibility index (Phi) is 6.54. The van der Waals surface area contributed by atoms with E-state index in [1.165, 1.54) is 7.11 Å². The summed E-state index contributed by atoms with van der Waals surface area (Å²) < 4.78 is 9.73. The molecule has 1 aromatic rings. The molecule has 22 heavy (non-hydrogen) atoms. The van der Waals surface area contributed by atoms with Gasteiger partial charge in [-0.15, -0.1) is 0 Å². The van der Waals surface area contributed by atoms with Gasteiger partial charge in [0.15, 0.2) is 6.61 Å². The monoisotopic (exact) mass is 324 g/mol. The molecule has 120 valence electrons. The number of hydrogen-bond donors (Lipinski definition) is 2. The van der Waals surface area contributed by atoms with Crippen LogP contribution in [0, 0.1) is 0 Å². The lowest BCUT2D eigenvalue weighted by Gasteiger charge is -2.22. The van der Waals surface area contributed by atoms with Crippen molar-refractivity contribution in [1.29, 1.82) is 0 Å². The molecule has 1 aliphatic heterocycles. The second-order valence-electron chi connectivity index (χ2n) is 4.87. The van der Waals surface area contributed by atoms with E-state index < -0.39 is 5.97 Å². The van der Waals surface area contributed by atoms with Crippen molar-refractivity contribution in [3.8, 4) is 5.75 Å². The van der Waals surface area contributed by atoms with Gasteiger partial charge >= 0.3 is 5.97 Å². The van der Waals surface area contributed by atoms with Crippen LogP contribution in [0.15, 0.2) is 24.3 Å². The molecular formula is C15H20N2O4S. The first-order valence-corrected chi connectivity index (χ1v) is 8.23. The number of ether oxygens (including phenoxy) is 2. The smallest absolute Gasteiger partial charge is 0.343 e. The molecule has 1 unspecified atom stereocenters. The van der Waals surface area contributed by atoms with Crippen LogP contribution < -0.4 is 15.4 Å². The number of nitrogens with one attached hydrogen (secondary N) is 2. The van der Waals surface area contributed by atoms with Gasteiger partial charge in [-0.1, -0.05) is 0 Å². The molecule has 0 spiro atoms. The molecule has 2 N–H and O–H groups in total. The van der Waals surface area contributed by atoms with Crippen molar-refractivity contribution < 1.29 is 19.1 Å². The van der Waals surface area contributed by atoms with Gasteiger partial charge in [0, 0.05) is 36.2 Å². The third-order valence-corrected chi connectivity index (χ3v) is 4.28. The first-order valence-electron chi connectivity index (χ1n) is 7.08. The second kappa shape index (κ2) is 8.65. The number of rotatable bonds is 6. The molecular weight excluding hydrogens is 304 g/mol. The molecule has 1 heterocycles. The minimum absolute atomic E-state index is 0.0109. The van der Waals surface area contributed by atoms with Gasteiger partial charge in [-0.2, -0.15) is 11.8 Å². The maximum atomic E-state index is 12.0. The Morgan fingerprint density at radius 3 is 2.77 bits per heavy atom. The average molecular weight is 324 g/mol. The van der Waals surface area contributed by atoms with Gasteiger partial charge in [0.05, 0.1) is 7.11 Å². The van der Waals surface area contributed by atoms with Crippen LogP contribution in [0.2, 0.25) is 0 Å². The summed E-state index contributed by atoms with van der Waals surface area (Å²) in [7, 11) is 1.31. The third kappa shape index (κ3) is 5.57. The Morgan fingerprint density at radius 1 is 1.36 bits per heavy atom. The first kappa shape index (κ1) is 16.6. The number of benzene rings is 1. The number of carbonyl (C=O) groups is 2. The number of amides is 1. The molecule has 1 atom stereocenters. The number of anilines is 1. The fourth-order valence-electron chi connectivity index (χ4n) is 2.02. The van der Waals surface area contributed by atoms with E-state index in [-0.39, 0.29) is 18.6 Å². The largest absolute Gasteiger partial charge is 0.482 e. The van der Waals surface area contributed by atoms with E-state index in [9.17, 15) is 9.59 Å². The predicted molar refractivity (Wildman–Crippen MR) is 86.3 cm³/mol. The summed E-state index contributed by atoms with van der Waals surface area (Å²) in [5.41, 5.74) is 0.707. The summed E-state index contributed by atoms with van der Waals surface area (Å²) in [4.78, 5) is 22.9. The molecule has 6 nitrogen and oxygen atoms in total. The topological polar surface area (TPSA) is 76.7 Å². The van der Waals surface area contributed by atoms with E-state index in [2.05, 4.69) is 15.4 Å². The van der Waals surface area contributed by atoms with Crippen LogP contribution in [0.3, 0.4) is 0 Å². The highest BCUT2D eigenvalue weighted by Crippen LogP contribution is 2.17. The minimum Gasteiger partial charge on any atom is -0.482 e. The number of hydrogen-bond acceptors (Lipinski definition) is 6.